The van der Waals surface area contributed by atoms with Crippen LogP contribution in [0, 0.1) is 11.8 Å². The molecule has 0 amide bonds. The molecule has 0 atom stereocenters. The molecule has 2 aromatic rings. The van der Waals surface area contributed by atoms with Gasteiger partial charge in [-0.1, -0.05) is 76.2 Å². The number of hydrogen-bond acceptors (Lipinski definition) is 2. The minimum Gasteiger partial charge on any atom is -0.872 e. The van der Waals surface area contributed by atoms with Gasteiger partial charge >= 0.3 is 37.7 Å². The molecule has 23 heavy (non-hydrogen) atoms. The van der Waals surface area contributed by atoms with Gasteiger partial charge in [-0.05, 0) is 35.8 Å². The summed E-state index contributed by atoms with van der Waals surface area (Å²) >= 11 is 0. The van der Waals surface area contributed by atoms with E-state index in [1.165, 1.54) is 11.1 Å². The third kappa shape index (κ3) is 10.6. The summed E-state index contributed by atoms with van der Waals surface area (Å²) in [7, 11) is 0. The van der Waals surface area contributed by atoms with Gasteiger partial charge in [0.05, 0.1) is 0 Å². The molecule has 0 aliphatic rings. The van der Waals surface area contributed by atoms with Crippen LogP contribution in [0.4, 0.5) is 0 Å². The van der Waals surface area contributed by atoms with Crippen LogP contribution in [0.25, 0.3) is 0 Å². The van der Waals surface area contributed by atoms with Gasteiger partial charge in [0.1, 0.15) is 0 Å². The van der Waals surface area contributed by atoms with Gasteiger partial charge in [-0.25, -0.2) is 0 Å². The maximum absolute atomic E-state index is 10.7. The monoisotopic (exact) mass is 338 g/mol. The van der Waals surface area contributed by atoms with E-state index in [1.807, 2.05) is 24.3 Å². The first kappa shape index (κ1) is 22.3. The van der Waals surface area contributed by atoms with Crippen LogP contribution in [0.1, 0.15) is 38.8 Å². The van der Waals surface area contributed by atoms with Crippen LogP contribution >= 0.6 is 0 Å². The standard InChI is InChI=1S/2C10H14O.Ca/c2*1-8(2)7-9-3-5-10(11)6-4-9;/h2*3-6,8,11H,7H2,1-2H3;/q;;+2/p-2. The summed E-state index contributed by atoms with van der Waals surface area (Å²) in [5, 5.41) is 21.4. The van der Waals surface area contributed by atoms with Gasteiger partial charge in [0.15, 0.2) is 0 Å². The molecule has 2 nitrogen and oxygen atoms in total. The third-order valence-electron chi connectivity index (χ3n) is 3.13. The molecule has 0 heterocycles. The first-order valence-electron chi connectivity index (χ1n) is 7.88. The maximum atomic E-state index is 10.7. The van der Waals surface area contributed by atoms with Gasteiger partial charge < -0.3 is 10.2 Å². The van der Waals surface area contributed by atoms with Crippen LogP contribution in [0.15, 0.2) is 48.5 Å². The summed E-state index contributed by atoms with van der Waals surface area (Å²) in [6.07, 6.45) is 2.11. The fraction of sp³-hybridized carbons (Fsp3) is 0.400. The largest absolute Gasteiger partial charge is 2.00 e. The second kappa shape index (κ2) is 11.8. The van der Waals surface area contributed by atoms with E-state index >= 15 is 0 Å². The van der Waals surface area contributed by atoms with E-state index in [9.17, 15) is 10.2 Å². The fourth-order valence-electron chi connectivity index (χ4n) is 2.19. The summed E-state index contributed by atoms with van der Waals surface area (Å²) in [6.45, 7) is 8.69. The Morgan fingerprint density at radius 1 is 0.609 bits per heavy atom. The molecular weight excluding hydrogens is 312 g/mol. The van der Waals surface area contributed by atoms with Gasteiger partial charge in [0.25, 0.3) is 0 Å². The maximum Gasteiger partial charge on any atom is 2.00 e. The summed E-state index contributed by atoms with van der Waals surface area (Å²) in [5.74, 6) is 1.51. The molecular formula is C20H26CaO2. The Bertz CT molecular complexity index is 479. The van der Waals surface area contributed by atoms with E-state index < -0.39 is 0 Å². The van der Waals surface area contributed by atoms with E-state index in [4.69, 9.17) is 0 Å². The van der Waals surface area contributed by atoms with Crippen molar-refractivity contribution in [3.05, 3.63) is 59.7 Å². The summed E-state index contributed by atoms with van der Waals surface area (Å²) < 4.78 is 0. The molecule has 2 rings (SSSR count). The molecule has 0 aliphatic carbocycles. The molecule has 0 saturated heterocycles. The molecule has 0 aliphatic heterocycles. The minimum absolute atomic E-state index is 0. The van der Waals surface area contributed by atoms with Crippen molar-refractivity contribution in [2.24, 2.45) is 11.8 Å². The van der Waals surface area contributed by atoms with Crippen LogP contribution in [-0.2, 0) is 12.8 Å². The van der Waals surface area contributed by atoms with E-state index in [2.05, 4.69) is 27.7 Å². The Hall–Kier alpha value is -0.700. The second-order valence-corrected chi connectivity index (χ2v) is 6.48. The molecule has 120 valence electrons. The summed E-state index contributed by atoms with van der Waals surface area (Å²) in [5.41, 5.74) is 2.50. The topological polar surface area (TPSA) is 46.1 Å². The van der Waals surface area contributed by atoms with Crippen molar-refractivity contribution in [3.8, 4) is 11.5 Å². The van der Waals surface area contributed by atoms with Crippen molar-refractivity contribution in [2.75, 3.05) is 0 Å². The SMILES string of the molecule is CC(C)Cc1ccc([O-])cc1.CC(C)Cc1ccc([O-])cc1.[Ca+2]. The summed E-state index contributed by atoms with van der Waals surface area (Å²) in [4.78, 5) is 0. The van der Waals surface area contributed by atoms with Gasteiger partial charge in [0.2, 0.25) is 0 Å². The summed E-state index contributed by atoms with van der Waals surface area (Å²) in [6, 6.07) is 14.1. The second-order valence-electron chi connectivity index (χ2n) is 6.48. The quantitative estimate of drug-likeness (QED) is 0.801. The van der Waals surface area contributed by atoms with Crippen molar-refractivity contribution in [1.82, 2.24) is 0 Å². The zero-order valence-electron chi connectivity index (χ0n) is 14.7. The van der Waals surface area contributed by atoms with Crippen LogP contribution in [0.2, 0.25) is 0 Å². The third-order valence-corrected chi connectivity index (χ3v) is 3.13. The molecule has 0 saturated carbocycles. The van der Waals surface area contributed by atoms with Crippen molar-refractivity contribution < 1.29 is 10.2 Å². The van der Waals surface area contributed by atoms with Crippen LogP contribution < -0.4 is 10.2 Å². The number of hydrogen-bond donors (Lipinski definition) is 0. The molecule has 0 unspecified atom stereocenters. The van der Waals surface area contributed by atoms with Crippen molar-refractivity contribution in [3.63, 3.8) is 0 Å². The molecule has 0 radical (unpaired) electrons. The van der Waals surface area contributed by atoms with Gasteiger partial charge in [-0.3, -0.25) is 0 Å². The van der Waals surface area contributed by atoms with E-state index in [1.54, 1.807) is 24.3 Å². The van der Waals surface area contributed by atoms with E-state index in [-0.39, 0.29) is 49.2 Å². The van der Waals surface area contributed by atoms with Crippen molar-refractivity contribution in [2.45, 2.75) is 40.5 Å². The van der Waals surface area contributed by atoms with Gasteiger partial charge in [0, 0.05) is 0 Å². The normalized spacial score (nSPS) is 10.0. The minimum atomic E-state index is 0. The fourth-order valence-corrected chi connectivity index (χ4v) is 2.19. The molecule has 2 aromatic carbocycles. The zero-order chi connectivity index (χ0) is 16.5. The first-order valence-corrected chi connectivity index (χ1v) is 7.88. The molecule has 0 bridgehead atoms. The molecule has 0 N–H and O–H groups in total. The van der Waals surface area contributed by atoms with Crippen LogP contribution in [0.3, 0.4) is 0 Å². The predicted molar refractivity (Wildman–Crippen MR) is 94.6 cm³/mol. The predicted octanol–water partition coefficient (Wildman–Crippen LogP) is 3.54. The Balaban J connectivity index is 0.000000403. The average Bonchev–Trinajstić information content (AvgIpc) is 2.44. The number of rotatable bonds is 4. The zero-order valence-corrected chi connectivity index (χ0v) is 16.9. The first-order chi connectivity index (χ1) is 10.4. The van der Waals surface area contributed by atoms with Crippen molar-refractivity contribution in [1.29, 1.82) is 0 Å². The smallest absolute Gasteiger partial charge is 0.872 e. The van der Waals surface area contributed by atoms with E-state index in [0.29, 0.717) is 11.8 Å². The Kier molecular flexibility index (Phi) is 11.4. The Morgan fingerprint density at radius 3 is 1.09 bits per heavy atom. The van der Waals surface area contributed by atoms with E-state index in [0.717, 1.165) is 12.8 Å². The van der Waals surface area contributed by atoms with Gasteiger partial charge in [-0.2, -0.15) is 0 Å². The Morgan fingerprint density at radius 2 is 0.870 bits per heavy atom. The van der Waals surface area contributed by atoms with Gasteiger partial charge in [-0.15, -0.1) is 11.5 Å². The van der Waals surface area contributed by atoms with Crippen LogP contribution in [0.5, 0.6) is 11.5 Å². The molecule has 0 fully saturated rings. The average molecular weight is 339 g/mol. The number of benzene rings is 2. The molecule has 0 spiro atoms. The van der Waals surface area contributed by atoms with Crippen LogP contribution in [-0.4, -0.2) is 37.7 Å². The molecule has 0 aromatic heterocycles. The molecule has 3 heteroatoms. The Labute approximate surface area is 170 Å². The van der Waals surface area contributed by atoms with Crippen molar-refractivity contribution >= 4 is 37.7 Å².